The summed E-state index contributed by atoms with van der Waals surface area (Å²) in [4.78, 5) is 27.2. The van der Waals surface area contributed by atoms with E-state index in [-0.39, 0.29) is 41.2 Å². The fraction of sp³-hybridized carbons (Fsp3) is 0.318. The zero-order valence-corrected chi connectivity index (χ0v) is 20.3. The molecule has 0 bridgehead atoms. The van der Waals surface area contributed by atoms with Crippen LogP contribution in [0.25, 0.3) is 5.69 Å². The van der Waals surface area contributed by atoms with Crippen molar-refractivity contribution in [2.75, 3.05) is 11.4 Å². The van der Waals surface area contributed by atoms with Gasteiger partial charge in [-0.15, -0.1) is 0 Å². The van der Waals surface area contributed by atoms with Gasteiger partial charge in [-0.2, -0.15) is 18.3 Å². The highest BCUT2D eigenvalue weighted by molar-refractivity contribution is 6.32. The number of halogens is 5. The Morgan fingerprint density at radius 1 is 1.26 bits per heavy atom. The maximum Gasteiger partial charge on any atom is 0.417 e. The van der Waals surface area contributed by atoms with Crippen molar-refractivity contribution >= 4 is 40.5 Å². The first-order chi connectivity index (χ1) is 16.6. The molecular weight excluding hydrogens is 508 g/mol. The number of anilines is 1. The zero-order valence-electron chi connectivity index (χ0n) is 18.8. The third kappa shape index (κ3) is 6.92. The number of hydrogen-bond acceptors (Lipinski definition) is 6. The van der Waals surface area contributed by atoms with Crippen molar-refractivity contribution in [2.24, 2.45) is 5.16 Å². The maximum absolute atomic E-state index is 12.8. The van der Waals surface area contributed by atoms with Crippen LogP contribution in [0.2, 0.25) is 10.2 Å². The molecule has 0 aromatic carbocycles. The molecule has 13 heteroatoms. The number of carbonyl (C=O) groups excluding carboxylic acids is 1. The molecule has 186 valence electrons. The first kappa shape index (κ1) is 26.4. The van der Waals surface area contributed by atoms with Crippen molar-refractivity contribution in [1.29, 1.82) is 0 Å². The molecule has 0 aliphatic carbocycles. The Morgan fingerprint density at radius 2 is 2.03 bits per heavy atom. The lowest BCUT2D eigenvalue weighted by Crippen LogP contribution is -2.30. The minimum atomic E-state index is -4.54. The van der Waals surface area contributed by atoms with Gasteiger partial charge in [0.25, 0.3) is 0 Å². The monoisotopic (exact) mass is 528 g/mol. The predicted octanol–water partition coefficient (Wildman–Crippen LogP) is 5.71. The van der Waals surface area contributed by atoms with Crippen molar-refractivity contribution in [3.05, 3.63) is 64.4 Å². The molecule has 3 rings (SSSR count). The van der Waals surface area contributed by atoms with E-state index in [1.54, 1.807) is 36.3 Å². The van der Waals surface area contributed by atoms with E-state index < -0.39 is 11.7 Å². The molecular formula is C22H21Cl2F3N6O2. The molecule has 0 N–H and O–H groups in total. The van der Waals surface area contributed by atoms with E-state index in [0.29, 0.717) is 29.8 Å². The normalized spacial score (nSPS) is 12.0. The number of rotatable bonds is 9. The number of carbonyl (C=O) groups is 1. The highest BCUT2D eigenvalue weighted by atomic mass is 35.5. The molecule has 0 radical (unpaired) electrons. The van der Waals surface area contributed by atoms with Crippen molar-refractivity contribution in [1.82, 2.24) is 19.7 Å². The van der Waals surface area contributed by atoms with Gasteiger partial charge in [-0.05, 0) is 38.5 Å². The summed E-state index contributed by atoms with van der Waals surface area (Å²) < 4.78 is 39.6. The summed E-state index contributed by atoms with van der Waals surface area (Å²) in [6, 6.07) is 4.36. The van der Waals surface area contributed by atoms with E-state index in [2.05, 4.69) is 20.2 Å². The van der Waals surface area contributed by atoms with E-state index in [1.165, 1.54) is 4.90 Å². The molecule has 35 heavy (non-hydrogen) atoms. The van der Waals surface area contributed by atoms with Crippen LogP contribution in [0, 0.1) is 0 Å². The lowest BCUT2D eigenvalue weighted by Gasteiger charge is -2.19. The van der Waals surface area contributed by atoms with Crippen LogP contribution < -0.4 is 4.90 Å². The van der Waals surface area contributed by atoms with Crippen LogP contribution in [0.15, 0.2) is 48.1 Å². The first-order valence-corrected chi connectivity index (χ1v) is 11.2. The second-order valence-electron chi connectivity index (χ2n) is 7.35. The molecule has 0 unspecified atom stereocenters. The zero-order chi connectivity index (χ0) is 25.6. The summed E-state index contributed by atoms with van der Waals surface area (Å²) in [6.07, 6.45) is 1.48. The molecule has 1 amide bonds. The van der Waals surface area contributed by atoms with E-state index in [1.807, 2.05) is 13.0 Å². The maximum atomic E-state index is 12.8. The molecule has 0 saturated carbocycles. The van der Waals surface area contributed by atoms with Gasteiger partial charge in [0.1, 0.15) is 5.69 Å². The van der Waals surface area contributed by atoms with Crippen LogP contribution in [-0.4, -0.2) is 37.9 Å². The number of hydrogen-bond donors (Lipinski definition) is 0. The van der Waals surface area contributed by atoms with Crippen LogP contribution in [0.4, 0.5) is 18.9 Å². The summed E-state index contributed by atoms with van der Waals surface area (Å²) in [6.45, 7) is 3.65. The molecule has 0 atom stereocenters. The Kier molecular flexibility index (Phi) is 8.68. The Balaban J connectivity index is 1.57. The Bertz CT molecular complexity index is 1200. The van der Waals surface area contributed by atoms with E-state index >= 15 is 0 Å². The van der Waals surface area contributed by atoms with Gasteiger partial charge in [0.2, 0.25) is 5.91 Å². The van der Waals surface area contributed by atoms with Crippen molar-refractivity contribution < 1.29 is 22.8 Å². The number of aromatic nitrogens is 4. The van der Waals surface area contributed by atoms with Crippen LogP contribution in [0.3, 0.4) is 0 Å². The van der Waals surface area contributed by atoms with Gasteiger partial charge in [-0.3, -0.25) is 14.8 Å². The second kappa shape index (κ2) is 11.5. The molecule has 3 heterocycles. The van der Waals surface area contributed by atoms with Gasteiger partial charge in [0, 0.05) is 25.4 Å². The first-order valence-electron chi connectivity index (χ1n) is 10.4. The third-order valence-electron chi connectivity index (χ3n) is 4.84. The molecule has 0 fully saturated rings. The lowest BCUT2D eigenvalue weighted by atomic mass is 10.2. The second-order valence-corrected chi connectivity index (χ2v) is 8.11. The Hall–Kier alpha value is -3.18. The molecule has 0 aliphatic heterocycles. The SMILES string of the molecule is CCN(C(=O)CC/C(C)=N/OCc1ncc(C(F)(F)F)cc1Cl)c1cn(-c2cccnc2)nc1Cl. The predicted molar refractivity (Wildman–Crippen MR) is 126 cm³/mol. The summed E-state index contributed by atoms with van der Waals surface area (Å²) in [7, 11) is 0. The summed E-state index contributed by atoms with van der Waals surface area (Å²) in [5.41, 5.74) is 0.846. The van der Waals surface area contributed by atoms with Crippen molar-refractivity contribution in [3.8, 4) is 5.69 Å². The molecule has 3 aromatic rings. The van der Waals surface area contributed by atoms with Crippen LogP contribution in [0.5, 0.6) is 0 Å². The van der Waals surface area contributed by atoms with Gasteiger partial charge in [-0.25, -0.2) is 4.68 Å². The fourth-order valence-corrected chi connectivity index (χ4v) is 3.48. The summed E-state index contributed by atoms with van der Waals surface area (Å²) in [5.74, 6) is -0.192. The van der Waals surface area contributed by atoms with E-state index in [9.17, 15) is 18.0 Å². The number of oxime groups is 1. The number of pyridine rings is 2. The summed E-state index contributed by atoms with van der Waals surface area (Å²) in [5, 5.41) is 8.15. The average molecular weight is 529 g/mol. The van der Waals surface area contributed by atoms with Crippen LogP contribution in [-0.2, 0) is 22.4 Å². The average Bonchev–Trinajstić information content (AvgIpc) is 3.20. The molecule has 0 spiro atoms. The van der Waals surface area contributed by atoms with E-state index in [0.717, 1.165) is 6.07 Å². The Morgan fingerprint density at radius 3 is 2.66 bits per heavy atom. The highest BCUT2D eigenvalue weighted by Crippen LogP contribution is 2.31. The molecule has 3 aromatic heterocycles. The van der Waals surface area contributed by atoms with Gasteiger partial charge >= 0.3 is 6.18 Å². The Labute approximate surface area is 209 Å². The highest BCUT2D eigenvalue weighted by Gasteiger charge is 2.31. The quantitative estimate of drug-likeness (QED) is 0.262. The summed E-state index contributed by atoms with van der Waals surface area (Å²) >= 11 is 12.1. The smallest absolute Gasteiger partial charge is 0.389 e. The third-order valence-corrected chi connectivity index (χ3v) is 5.43. The van der Waals surface area contributed by atoms with Gasteiger partial charge < -0.3 is 9.74 Å². The van der Waals surface area contributed by atoms with Crippen molar-refractivity contribution in [3.63, 3.8) is 0 Å². The largest absolute Gasteiger partial charge is 0.417 e. The minimum absolute atomic E-state index is 0.115. The lowest BCUT2D eigenvalue weighted by molar-refractivity contribution is -0.137. The van der Waals surface area contributed by atoms with E-state index in [4.69, 9.17) is 28.0 Å². The fourth-order valence-electron chi connectivity index (χ4n) is 3.03. The molecule has 0 aliphatic rings. The van der Waals surface area contributed by atoms with Crippen LogP contribution in [0.1, 0.15) is 37.9 Å². The van der Waals surface area contributed by atoms with Gasteiger partial charge in [0.05, 0.1) is 40.1 Å². The molecule has 0 saturated heterocycles. The number of nitrogens with zero attached hydrogens (tertiary/aromatic N) is 6. The number of amides is 1. The number of alkyl halides is 3. The minimum Gasteiger partial charge on any atom is -0.389 e. The standard InChI is InChI=1S/C22H21Cl2F3N6O2/c1-3-32(19-12-33(30-21(19)24)16-5-4-8-28-11-16)20(34)7-6-14(2)31-35-13-18-17(23)9-15(10-29-18)22(25,26)27/h4-5,8-12H,3,6-7,13H2,1-2H3/b31-14+. The molecule has 8 nitrogen and oxygen atoms in total. The van der Waals surface area contributed by atoms with Crippen LogP contribution >= 0.6 is 23.2 Å². The van der Waals surface area contributed by atoms with Crippen molar-refractivity contribution in [2.45, 2.75) is 39.5 Å². The topological polar surface area (TPSA) is 85.5 Å². The van der Waals surface area contributed by atoms with Gasteiger partial charge in [-0.1, -0.05) is 28.4 Å². The van der Waals surface area contributed by atoms with Gasteiger partial charge in [0.15, 0.2) is 11.8 Å².